The molecular weight excluding hydrogens is 250 g/mol. The predicted octanol–water partition coefficient (Wildman–Crippen LogP) is 2.74. The zero-order valence-corrected chi connectivity index (χ0v) is 11.1. The van der Waals surface area contributed by atoms with Gasteiger partial charge < -0.3 is 5.32 Å². The molecule has 1 aromatic carbocycles. The molecule has 2 rings (SSSR count). The molecule has 18 heavy (non-hydrogen) atoms. The van der Waals surface area contributed by atoms with Crippen molar-refractivity contribution < 1.29 is 0 Å². The van der Waals surface area contributed by atoms with Crippen LogP contribution in [-0.4, -0.2) is 20.2 Å². The van der Waals surface area contributed by atoms with Crippen molar-refractivity contribution in [2.45, 2.75) is 32.9 Å². The van der Waals surface area contributed by atoms with Gasteiger partial charge in [0, 0.05) is 18.1 Å². The summed E-state index contributed by atoms with van der Waals surface area (Å²) >= 11 is 5.93. The van der Waals surface area contributed by atoms with Gasteiger partial charge in [0.1, 0.15) is 0 Å². The molecule has 1 aromatic heterocycles. The molecule has 0 spiro atoms. The maximum Gasteiger partial charge on any atom is 0.243 e. The number of halogens is 1. The second-order valence-electron chi connectivity index (χ2n) is 4.06. The maximum atomic E-state index is 5.93. The molecular formula is C12H16ClN5. The topological polar surface area (TPSA) is 55.6 Å². The highest BCUT2D eigenvalue weighted by Crippen LogP contribution is 2.12. The van der Waals surface area contributed by atoms with Crippen molar-refractivity contribution in [1.82, 2.24) is 20.2 Å². The zero-order valence-electron chi connectivity index (χ0n) is 10.3. The molecule has 2 aromatic rings. The van der Waals surface area contributed by atoms with E-state index in [0.717, 1.165) is 30.0 Å². The monoisotopic (exact) mass is 265 g/mol. The molecule has 0 radical (unpaired) electrons. The predicted molar refractivity (Wildman–Crippen MR) is 71.5 cm³/mol. The van der Waals surface area contributed by atoms with Crippen LogP contribution in [0, 0.1) is 0 Å². The standard InChI is InChI=1S/C12H16ClN5/c1-2-3-7-18-12(15-16-17-18)14-9-10-5-4-6-11(13)8-10/h4-6,8H,2-3,7,9H2,1H3,(H,14,15,17). The first-order valence-corrected chi connectivity index (χ1v) is 6.42. The summed E-state index contributed by atoms with van der Waals surface area (Å²) in [5, 5.41) is 15.5. The summed E-state index contributed by atoms with van der Waals surface area (Å²) in [5.74, 6) is 0.698. The number of aryl methyl sites for hydroxylation is 1. The van der Waals surface area contributed by atoms with Crippen LogP contribution in [-0.2, 0) is 13.1 Å². The van der Waals surface area contributed by atoms with E-state index in [-0.39, 0.29) is 0 Å². The van der Waals surface area contributed by atoms with Crippen LogP contribution in [0.3, 0.4) is 0 Å². The van der Waals surface area contributed by atoms with Gasteiger partial charge in [-0.25, -0.2) is 4.68 Å². The number of nitrogens with one attached hydrogen (secondary N) is 1. The van der Waals surface area contributed by atoms with Gasteiger partial charge in [-0.15, -0.1) is 0 Å². The van der Waals surface area contributed by atoms with Crippen LogP contribution < -0.4 is 5.32 Å². The van der Waals surface area contributed by atoms with Crippen LogP contribution in [0.1, 0.15) is 25.3 Å². The number of hydrogen-bond acceptors (Lipinski definition) is 4. The third-order valence-electron chi connectivity index (χ3n) is 2.60. The summed E-state index contributed by atoms with van der Waals surface area (Å²) in [6.07, 6.45) is 2.18. The van der Waals surface area contributed by atoms with Crippen molar-refractivity contribution in [1.29, 1.82) is 0 Å². The molecule has 0 fully saturated rings. The first-order valence-electron chi connectivity index (χ1n) is 6.04. The van der Waals surface area contributed by atoms with Crippen LogP contribution in [0.25, 0.3) is 0 Å². The van der Waals surface area contributed by atoms with Crippen molar-refractivity contribution in [2.75, 3.05) is 5.32 Å². The van der Waals surface area contributed by atoms with Gasteiger partial charge in [-0.3, -0.25) is 0 Å². The Labute approximate surface area is 111 Å². The van der Waals surface area contributed by atoms with E-state index in [2.05, 4.69) is 27.8 Å². The number of nitrogens with zero attached hydrogens (tertiary/aromatic N) is 4. The lowest BCUT2D eigenvalue weighted by Gasteiger charge is -2.06. The van der Waals surface area contributed by atoms with E-state index in [1.807, 2.05) is 24.3 Å². The lowest BCUT2D eigenvalue weighted by molar-refractivity contribution is 0.556. The Kier molecular flexibility index (Phi) is 4.52. The van der Waals surface area contributed by atoms with Gasteiger partial charge in [0.05, 0.1) is 0 Å². The van der Waals surface area contributed by atoms with Gasteiger partial charge in [-0.1, -0.05) is 42.2 Å². The maximum absolute atomic E-state index is 5.93. The van der Waals surface area contributed by atoms with Crippen molar-refractivity contribution in [2.24, 2.45) is 0 Å². The molecule has 0 aliphatic rings. The van der Waals surface area contributed by atoms with Crippen LogP contribution in [0.4, 0.5) is 5.95 Å². The molecule has 0 saturated heterocycles. The molecule has 6 heteroatoms. The van der Waals surface area contributed by atoms with Crippen molar-refractivity contribution in [3.05, 3.63) is 34.9 Å². The second kappa shape index (κ2) is 6.35. The Bertz CT molecular complexity index is 497. The fraction of sp³-hybridized carbons (Fsp3) is 0.417. The van der Waals surface area contributed by atoms with E-state index in [0.29, 0.717) is 12.5 Å². The van der Waals surface area contributed by atoms with E-state index in [1.165, 1.54) is 0 Å². The molecule has 96 valence electrons. The Morgan fingerprint density at radius 1 is 1.39 bits per heavy atom. The van der Waals surface area contributed by atoms with Gasteiger partial charge in [0.2, 0.25) is 5.95 Å². The molecule has 0 aliphatic heterocycles. The summed E-state index contributed by atoms with van der Waals surface area (Å²) in [7, 11) is 0. The highest BCUT2D eigenvalue weighted by atomic mass is 35.5. The van der Waals surface area contributed by atoms with E-state index in [1.54, 1.807) is 4.68 Å². The SMILES string of the molecule is CCCCn1nnnc1NCc1cccc(Cl)c1. The van der Waals surface area contributed by atoms with Crippen LogP contribution >= 0.6 is 11.6 Å². The summed E-state index contributed by atoms with van der Waals surface area (Å²) in [6.45, 7) is 3.64. The first-order chi connectivity index (χ1) is 8.79. The smallest absolute Gasteiger partial charge is 0.243 e. The van der Waals surface area contributed by atoms with Gasteiger partial charge in [-0.2, -0.15) is 0 Å². The van der Waals surface area contributed by atoms with Crippen LogP contribution in [0.15, 0.2) is 24.3 Å². The average Bonchev–Trinajstić information content (AvgIpc) is 2.81. The minimum absolute atomic E-state index is 0.660. The Balaban J connectivity index is 1.95. The third kappa shape index (κ3) is 3.43. The van der Waals surface area contributed by atoms with Gasteiger partial charge >= 0.3 is 0 Å². The Hall–Kier alpha value is -1.62. The Morgan fingerprint density at radius 2 is 2.28 bits per heavy atom. The van der Waals surface area contributed by atoms with Crippen LogP contribution in [0.2, 0.25) is 5.02 Å². The average molecular weight is 266 g/mol. The Morgan fingerprint density at radius 3 is 3.06 bits per heavy atom. The molecule has 0 bridgehead atoms. The summed E-state index contributed by atoms with van der Waals surface area (Å²) in [4.78, 5) is 0. The van der Waals surface area contributed by atoms with Gasteiger partial charge in [0.15, 0.2) is 0 Å². The summed E-state index contributed by atoms with van der Waals surface area (Å²) in [5.41, 5.74) is 1.10. The fourth-order valence-electron chi connectivity index (χ4n) is 1.62. The number of anilines is 1. The number of benzene rings is 1. The molecule has 0 amide bonds. The zero-order chi connectivity index (χ0) is 12.8. The summed E-state index contributed by atoms with van der Waals surface area (Å²) in [6, 6.07) is 7.73. The van der Waals surface area contributed by atoms with Crippen molar-refractivity contribution in [3.63, 3.8) is 0 Å². The normalized spacial score (nSPS) is 10.6. The van der Waals surface area contributed by atoms with E-state index in [9.17, 15) is 0 Å². The highest BCUT2D eigenvalue weighted by Gasteiger charge is 2.04. The molecule has 0 saturated carbocycles. The molecule has 1 N–H and O–H groups in total. The minimum atomic E-state index is 0.660. The van der Waals surface area contributed by atoms with Gasteiger partial charge in [0.25, 0.3) is 0 Å². The second-order valence-corrected chi connectivity index (χ2v) is 4.50. The lowest BCUT2D eigenvalue weighted by atomic mass is 10.2. The van der Waals surface area contributed by atoms with Crippen molar-refractivity contribution >= 4 is 17.5 Å². The number of aromatic nitrogens is 4. The molecule has 0 atom stereocenters. The lowest BCUT2D eigenvalue weighted by Crippen LogP contribution is -2.09. The molecule has 0 unspecified atom stereocenters. The third-order valence-corrected chi connectivity index (χ3v) is 2.83. The number of tetrazole rings is 1. The summed E-state index contributed by atoms with van der Waals surface area (Å²) < 4.78 is 1.79. The molecule has 5 nitrogen and oxygen atoms in total. The molecule has 1 heterocycles. The highest BCUT2D eigenvalue weighted by molar-refractivity contribution is 6.30. The number of unbranched alkanes of at least 4 members (excludes halogenated alkanes) is 1. The quantitative estimate of drug-likeness (QED) is 0.873. The molecule has 0 aliphatic carbocycles. The van der Waals surface area contributed by atoms with E-state index < -0.39 is 0 Å². The van der Waals surface area contributed by atoms with Crippen molar-refractivity contribution in [3.8, 4) is 0 Å². The minimum Gasteiger partial charge on any atom is -0.349 e. The largest absolute Gasteiger partial charge is 0.349 e. The fourth-order valence-corrected chi connectivity index (χ4v) is 1.83. The van der Waals surface area contributed by atoms with Crippen LogP contribution in [0.5, 0.6) is 0 Å². The number of rotatable bonds is 6. The van der Waals surface area contributed by atoms with E-state index >= 15 is 0 Å². The number of hydrogen-bond donors (Lipinski definition) is 1. The van der Waals surface area contributed by atoms with Gasteiger partial charge in [-0.05, 0) is 34.5 Å². The van der Waals surface area contributed by atoms with E-state index in [4.69, 9.17) is 11.6 Å². The first kappa shape index (κ1) is 12.8.